The maximum Gasteiger partial charge on any atom is 0.122 e. The molecule has 1 aromatic carbocycles. The molecule has 3 heteroatoms. The second-order valence-corrected chi connectivity index (χ2v) is 5.48. The van der Waals surface area contributed by atoms with E-state index in [4.69, 9.17) is 4.74 Å². The van der Waals surface area contributed by atoms with Crippen LogP contribution < -0.4 is 10.1 Å². The summed E-state index contributed by atoms with van der Waals surface area (Å²) in [5.74, 6) is 1.01. The Kier molecular flexibility index (Phi) is 5.43. The van der Waals surface area contributed by atoms with Gasteiger partial charge in [-0.15, -0.1) is 11.3 Å². The zero-order chi connectivity index (χ0) is 13.5. The summed E-state index contributed by atoms with van der Waals surface area (Å²) >= 11 is 1.79. The molecule has 0 amide bonds. The number of aryl methyl sites for hydroxylation is 1. The first-order valence-electron chi connectivity index (χ1n) is 6.78. The number of para-hydroxylation sites is 1. The SMILES string of the molecule is CCc1ccccc1OCCNC(C)c1cccs1. The van der Waals surface area contributed by atoms with Crippen LogP contribution in [0.25, 0.3) is 0 Å². The van der Waals surface area contributed by atoms with Gasteiger partial charge >= 0.3 is 0 Å². The van der Waals surface area contributed by atoms with Gasteiger partial charge in [-0.3, -0.25) is 0 Å². The molecule has 2 nitrogen and oxygen atoms in total. The zero-order valence-electron chi connectivity index (χ0n) is 11.6. The highest BCUT2D eigenvalue weighted by Crippen LogP contribution is 2.19. The molecule has 1 heterocycles. The number of benzene rings is 1. The van der Waals surface area contributed by atoms with E-state index in [1.165, 1.54) is 10.4 Å². The van der Waals surface area contributed by atoms with Crippen molar-refractivity contribution in [3.05, 3.63) is 52.2 Å². The van der Waals surface area contributed by atoms with E-state index in [0.29, 0.717) is 12.6 Å². The molecule has 1 atom stereocenters. The summed E-state index contributed by atoms with van der Waals surface area (Å²) in [6.07, 6.45) is 1.01. The molecule has 1 unspecified atom stereocenters. The Labute approximate surface area is 119 Å². The second kappa shape index (κ2) is 7.31. The Hall–Kier alpha value is -1.32. The third-order valence-electron chi connectivity index (χ3n) is 3.13. The fraction of sp³-hybridized carbons (Fsp3) is 0.375. The lowest BCUT2D eigenvalue weighted by atomic mass is 10.1. The smallest absolute Gasteiger partial charge is 0.122 e. The standard InChI is InChI=1S/C16H21NOS/c1-3-14-7-4-5-8-15(14)18-11-10-17-13(2)16-9-6-12-19-16/h4-9,12-13,17H,3,10-11H2,1-2H3. The average molecular weight is 275 g/mol. The van der Waals surface area contributed by atoms with Crippen molar-refractivity contribution >= 4 is 11.3 Å². The number of ether oxygens (including phenoxy) is 1. The van der Waals surface area contributed by atoms with Crippen molar-refractivity contribution in [2.45, 2.75) is 26.3 Å². The van der Waals surface area contributed by atoms with E-state index in [2.05, 4.69) is 48.8 Å². The van der Waals surface area contributed by atoms with Crippen molar-refractivity contribution in [1.29, 1.82) is 0 Å². The number of hydrogen-bond donors (Lipinski definition) is 1. The van der Waals surface area contributed by atoms with Crippen LogP contribution in [0.4, 0.5) is 0 Å². The van der Waals surface area contributed by atoms with Crippen LogP contribution in [-0.4, -0.2) is 13.2 Å². The summed E-state index contributed by atoms with van der Waals surface area (Å²) in [5, 5.41) is 5.59. The second-order valence-electron chi connectivity index (χ2n) is 4.50. The minimum Gasteiger partial charge on any atom is -0.492 e. The van der Waals surface area contributed by atoms with Crippen LogP contribution in [0.5, 0.6) is 5.75 Å². The summed E-state index contributed by atoms with van der Waals surface area (Å²) in [6, 6.07) is 12.9. The summed E-state index contributed by atoms with van der Waals surface area (Å²) in [4.78, 5) is 1.37. The van der Waals surface area contributed by atoms with Gasteiger partial charge in [-0.05, 0) is 36.4 Å². The van der Waals surface area contributed by atoms with Crippen LogP contribution in [0.15, 0.2) is 41.8 Å². The lowest BCUT2D eigenvalue weighted by Crippen LogP contribution is -2.23. The molecule has 0 aliphatic rings. The van der Waals surface area contributed by atoms with Gasteiger partial charge in [-0.25, -0.2) is 0 Å². The topological polar surface area (TPSA) is 21.3 Å². The molecule has 2 aromatic rings. The van der Waals surface area contributed by atoms with Gasteiger partial charge < -0.3 is 10.1 Å². The van der Waals surface area contributed by atoms with Crippen molar-refractivity contribution in [2.24, 2.45) is 0 Å². The summed E-state index contributed by atoms with van der Waals surface area (Å²) in [6.45, 7) is 5.90. The summed E-state index contributed by atoms with van der Waals surface area (Å²) in [7, 11) is 0. The van der Waals surface area contributed by atoms with Gasteiger partial charge in [0.1, 0.15) is 12.4 Å². The van der Waals surface area contributed by atoms with Crippen LogP contribution in [0.2, 0.25) is 0 Å². The van der Waals surface area contributed by atoms with Crippen LogP contribution in [0.3, 0.4) is 0 Å². The van der Waals surface area contributed by atoms with Gasteiger partial charge in [0.2, 0.25) is 0 Å². The first-order valence-corrected chi connectivity index (χ1v) is 7.66. The van der Waals surface area contributed by atoms with Crippen LogP contribution in [-0.2, 0) is 6.42 Å². The first-order chi connectivity index (χ1) is 9.31. The molecule has 0 fully saturated rings. The average Bonchev–Trinajstić information content (AvgIpc) is 2.98. The lowest BCUT2D eigenvalue weighted by molar-refractivity contribution is 0.305. The zero-order valence-corrected chi connectivity index (χ0v) is 12.4. The highest BCUT2D eigenvalue weighted by atomic mass is 32.1. The van der Waals surface area contributed by atoms with Gasteiger partial charge in [0, 0.05) is 17.5 Å². The quantitative estimate of drug-likeness (QED) is 0.770. The molecule has 0 radical (unpaired) electrons. The fourth-order valence-corrected chi connectivity index (χ4v) is 2.77. The van der Waals surface area contributed by atoms with E-state index in [1.54, 1.807) is 11.3 Å². The minimum atomic E-state index is 0.394. The van der Waals surface area contributed by atoms with E-state index >= 15 is 0 Å². The maximum absolute atomic E-state index is 5.84. The Balaban J connectivity index is 1.75. The number of hydrogen-bond acceptors (Lipinski definition) is 3. The molecule has 2 rings (SSSR count). The number of rotatable bonds is 7. The van der Waals surface area contributed by atoms with Crippen LogP contribution in [0, 0.1) is 0 Å². The lowest BCUT2D eigenvalue weighted by Gasteiger charge is -2.14. The minimum absolute atomic E-state index is 0.394. The van der Waals surface area contributed by atoms with Crippen molar-refractivity contribution in [1.82, 2.24) is 5.32 Å². The van der Waals surface area contributed by atoms with E-state index < -0.39 is 0 Å². The molecule has 102 valence electrons. The van der Waals surface area contributed by atoms with Gasteiger partial charge in [0.05, 0.1) is 0 Å². The van der Waals surface area contributed by atoms with E-state index in [-0.39, 0.29) is 0 Å². The molecule has 0 saturated heterocycles. The van der Waals surface area contributed by atoms with E-state index in [1.807, 2.05) is 12.1 Å². The summed E-state index contributed by atoms with van der Waals surface area (Å²) < 4.78 is 5.84. The van der Waals surface area contributed by atoms with Gasteiger partial charge in [0.15, 0.2) is 0 Å². The highest BCUT2D eigenvalue weighted by Gasteiger charge is 2.05. The van der Waals surface area contributed by atoms with Crippen molar-refractivity contribution < 1.29 is 4.74 Å². The third-order valence-corrected chi connectivity index (χ3v) is 4.19. The van der Waals surface area contributed by atoms with E-state index in [9.17, 15) is 0 Å². The third kappa shape index (κ3) is 4.08. The Morgan fingerprint density at radius 3 is 2.79 bits per heavy atom. The Morgan fingerprint density at radius 1 is 1.21 bits per heavy atom. The van der Waals surface area contributed by atoms with E-state index in [0.717, 1.165) is 18.7 Å². The molecule has 1 N–H and O–H groups in total. The summed E-state index contributed by atoms with van der Waals surface area (Å²) in [5.41, 5.74) is 1.27. The van der Waals surface area contributed by atoms with Crippen molar-refractivity contribution in [2.75, 3.05) is 13.2 Å². The molecule has 0 aliphatic carbocycles. The van der Waals surface area contributed by atoms with Crippen molar-refractivity contribution in [3.63, 3.8) is 0 Å². The largest absolute Gasteiger partial charge is 0.492 e. The molecule has 0 aliphatic heterocycles. The predicted molar refractivity (Wildman–Crippen MR) is 82.1 cm³/mol. The number of nitrogens with one attached hydrogen (secondary N) is 1. The molecular formula is C16H21NOS. The predicted octanol–water partition coefficient (Wildman–Crippen LogP) is 4.04. The van der Waals surface area contributed by atoms with Crippen LogP contribution in [0.1, 0.15) is 30.3 Å². The Morgan fingerprint density at radius 2 is 2.05 bits per heavy atom. The Bertz CT molecular complexity index is 481. The maximum atomic E-state index is 5.84. The van der Waals surface area contributed by atoms with Crippen LogP contribution >= 0.6 is 11.3 Å². The molecule has 0 saturated carbocycles. The van der Waals surface area contributed by atoms with Gasteiger partial charge in [0.25, 0.3) is 0 Å². The molecule has 0 spiro atoms. The molecular weight excluding hydrogens is 254 g/mol. The monoisotopic (exact) mass is 275 g/mol. The molecule has 1 aromatic heterocycles. The van der Waals surface area contributed by atoms with Gasteiger partial charge in [-0.1, -0.05) is 31.2 Å². The fourth-order valence-electron chi connectivity index (χ4n) is 2.01. The molecule has 0 bridgehead atoms. The first kappa shape index (κ1) is 14.1. The molecule has 19 heavy (non-hydrogen) atoms. The highest BCUT2D eigenvalue weighted by molar-refractivity contribution is 7.10. The number of thiophene rings is 1. The normalized spacial score (nSPS) is 12.3. The van der Waals surface area contributed by atoms with Crippen molar-refractivity contribution in [3.8, 4) is 5.75 Å². The van der Waals surface area contributed by atoms with Gasteiger partial charge in [-0.2, -0.15) is 0 Å².